The summed E-state index contributed by atoms with van der Waals surface area (Å²) in [5.41, 5.74) is 7.64. The molecule has 1 aliphatic rings. The second kappa shape index (κ2) is 7.61. The number of benzene rings is 2. The number of nitrogens with zero attached hydrogens (tertiary/aromatic N) is 1. The quantitative estimate of drug-likeness (QED) is 0.899. The molecule has 2 atom stereocenters. The van der Waals surface area contributed by atoms with Crippen LogP contribution < -0.4 is 5.73 Å². The topological polar surface area (TPSA) is 63.4 Å². The van der Waals surface area contributed by atoms with Crippen LogP contribution in [-0.4, -0.2) is 31.9 Å². The minimum Gasteiger partial charge on any atom is -0.326 e. The Hall–Kier alpha value is -1.47. The van der Waals surface area contributed by atoms with Crippen molar-refractivity contribution in [1.82, 2.24) is 4.31 Å². The van der Waals surface area contributed by atoms with Crippen LogP contribution in [0.2, 0.25) is 0 Å². The van der Waals surface area contributed by atoms with Crippen molar-refractivity contribution in [2.45, 2.75) is 17.7 Å². The molecule has 0 saturated carbocycles. The van der Waals surface area contributed by atoms with Crippen molar-refractivity contribution in [1.29, 1.82) is 0 Å². The fraction of sp³-hybridized carbons (Fsp3) is 0.294. The van der Waals surface area contributed by atoms with Gasteiger partial charge in [-0.3, -0.25) is 0 Å². The molecule has 0 radical (unpaired) electrons. The van der Waals surface area contributed by atoms with Crippen LogP contribution in [0.3, 0.4) is 0 Å². The lowest BCUT2D eigenvalue weighted by Crippen LogP contribution is -2.33. The van der Waals surface area contributed by atoms with Gasteiger partial charge in [-0.25, -0.2) is 12.8 Å². The highest BCUT2D eigenvalue weighted by atomic mass is 35.5. The lowest BCUT2D eigenvalue weighted by atomic mass is 9.95. The standard InChI is InChI=1S/C17H19FN2O2S.ClH/c18-15-8-4-5-13(9-15)12-23(21,22)20-10-16(17(19)11-20)14-6-2-1-3-7-14;/h1-9,16-17H,10-12,19H2;1H/t16-,17+;/m0./s1. The van der Waals surface area contributed by atoms with Gasteiger partial charge in [0.15, 0.2) is 0 Å². The largest absolute Gasteiger partial charge is 0.326 e. The molecule has 0 aromatic heterocycles. The van der Waals surface area contributed by atoms with E-state index < -0.39 is 15.8 Å². The first kappa shape index (κ1) is 18.9. The van der Waals surface area contributed by atoms with Gasteiger partial charge in [0.05, 0.1) is 5.75 Å². The summed E-state index contributed by atoms with van der Waals surface area (Å²) in [6.07, 6.45) is 0. The lowest BCUT2D eigenvalue weighted by Gasteiger charge is -2.16. The van der Waals surface area contributed by atoms with E-state index in [2.05, 4.69) is 0 Å². The molecule has 1 saturated heterocycles. The summed E-state index contributed by atoms with van der Waals surface area (Å²) in [4.78, 5) is 0. The van der Waals surface area contributed by atoms with Gasteiger partial charge in [-0.05, 0) is 23.3 Å². The lowest BCUT2D eigenvalue weighted by molar-refractivity contribution is 0.469. The van der Waals surface area contributed by atoms with E-state index in [4.69, 9.17) is 5.73 Å². The average molecular weight is 371 g/mol. The molecule has 1 heterocycles. The maximum atomic E-state index is 13.2. The van der Waals surface area contributed by atoms with E-state index in [-0.39, 0.29) is 36.7 Å². The van der Waals surface area contributed by atoms with E-state index in [9.17, 15) is 12.8 Å². The van der Waals surface area contributed by atoms with Gasteiger partial charge in [-0.1, -0.05) is 42.5 Å². The Balaban J connectivity index is 0.00000208. The maximum absolute atomic E-state index is 13.2. The van der Waals surface area contributed by atoms with Gasteiger partial charge in [0.1, 0.15) is 5.82 Å². The van der Waals surface area contributed by atoms with Crippen molar-refractivity contribution in [3.05, 3.63) is 71.5 Å². The number of halogens is 2. The van der Waals surface area contributed by atoms with Crippen molar-refractivity contribution < 1.29 is 12.8 Å². The summed E-state index contributed by atoms with van der Waals surface area (Å²) in [6.45, 7) is 0.653. The third-order valence-corrected chi connectivity index (χ3v) is 5.97. The number of hydrogen-bond acceptors (Lipinski definition) is 3. The van der Waals surface area contributed by atoms with E-state index in [1.807, 2.05) is 30.3 Å². The summed E-state index contributed by atoms with van der Waals surface area (Å²) < 4.78 is 39.8. The minimum absolute atomic E-state index is 0. The second-order valence-corrected chi connectivity index (χ2v) is 7.85. The van der Waals surface area contributed by atoms with Crippen molar-refractivity contribution >= 4 is 22.4 Å². The van der Waals surface area contributed by atoms with Crippen LogP contribution in [0.4, 0.5) is 4.39 Å². The maximum Gasteiger partial charge on any atom is 0.218 e. The van der Waals surface area contributed by atoms with Crippen molar-refractivity contribution in [3.63, 3.8) is 0 Å². The van der Waals surface area contributed by atoms with Crippen LogP contribution in [0, 0.1) is 5.82 Å². The van der Waals surface area contributed by atoms with Gasteiger partial charge in [-0.15, -0.1) is 12.4 Å². The zero-order valence-corrected chi connectivity index (χ0v) is 14.6. The van der Waals surface area contributed by atoms with Gasteiger partial charge < -0.3 is 5.73 Å². The molecule has 4 nitrogen and oxygen atoms in total. The monoisotopic (exact) mass is 370 g/mol. The van der Waals surface area contributed by atoms with Gasteiger partial charge >= 0.3 is 0 Å². The molecule has 1 fully saturated rings. The highest BCUT2D eigenvalue weighted by molar-refractivity contribution is 7.88. The highest BCUT2D eigenvalue weighted by Crippen LogP contribution is 2.29. The average Bonchev–Trinajstić information content (AvgIpc) is 2.91. The molecule has 1 aliphatic heterocycles. The molecule has 2 aromatic rings. The Bertz CT molecular complexity index is 786. The minimum atomic E-state index is -3.52. The predicted molar refractivity (Wildman–Crippen MR) is 95.0 cm³/mol. The molecule has 0 spiro atoms. The summed E-state index contributed by atoms with van der Waals surface area (Å²) >= 11 is 0. The highest BCUT2D eigenvalue weighted by Gasteiger charge is 2.37. The molecular weight excluding hydrogens is 351 g/mol. The predicted octanol–water partition coefficient (Wildman–Crippen LogP) is 2.50. The molecule has 2 N–H and O–H groups in total. The number of rotatable bonds is 4. The summed E-state index contributed by atoms with van der Waals surface area (Å²) in [5, 5.41) is 0. The van der Waals surface area contributed by atoms with Crippen molar-refractivity contribution in [3.8, 4) is 0 Å². The van der Waals surface area contributed by atoms with Crippen LogP contribution in [0.5, 0.6) is 0 Å². The van der Waals surface area contributed by atoms with E-state index in [1.165, 1.54) is 22.5 Å². The summed E-state index contributed by atoms with van der Waals surface area (Å²) in [5.74, 6) is -0.657. The zero-order chi connectivity index (χ0) is 16.4. The molecule has 3 rings (SSSR count). The van der Waals surface area contributed by atoms with Crippen molar-refractivity contribution in [2.75, 3.05) is 13.1 Å². The summed E-state index contributed by atoms with van der Waals surface area (Å²) in [7, 11) is -3.52. The van der Waals surface area contributed by atoms with Crippen molar-refractivity contribution in [2.24, 2.45) is 5.73 Å². The van der Waals surface area contributed by atoms with Gasteiger partial charge in [0.2, 0.25) is 10.0 Å². The molecule has 0 aliphatic carbocycles. The smallest absolute Gasteiger partial charge is 0.218 e. The third kappa shape index (κ3) is 4.13. The van der Waals surface area contributed by atoms with Crippen LogP contribution in [-0.2, 0) is 15.8 Å². The number of sulfonamides is 1. The van der Waals surface area contributed by atoms with Gasteiger partial charge in [-0.2, -0.15) is 4.31 Å². The van der Waals surface area contributed by atoms with E-state index in [0.717, 1.165) is 5.56 Å². The van der Waals surface area contributed by atoms with Gasteiger partial charge in [0, 0.05) is 25.0 Å². The third-order valence-electron chi connectivity index (χ3n) is 4.19. The van der Waals surface area contributed by atoms with Gasteiger partial charge in [0.25, 0.3) is 0 Å². The SMILES string of the molecule is Cl.N[C@@H]1CN(S(=O)(=O)Cc2cccc(F)c2)C[C@H]1c1ccccc1. The number of nitrogens with two attached hydrogens (primary N) is 1. The fourth-order valence-electron chi connectivity index (χ4n) is 3.00. The van der Waals surface area contributed by atoms with Crippen LogP contribution in [0.1, 0.15) is 17.0 Å². The molecule has 0 amide bonds. The summed E-state index contributed by atoms with van der Waals surface area (Å²) in [6, 6.07) is 15.1. The molecular formula is C17H20ClFN2O2S. The molecule has 0 bridgehead atoms. The first-order valence-corrected chi connectivity index (χ1v) is 9.09. The normalized spacial score (nSPS) is 21.4. The Morgan fingerprint density at radius 2 is 1.79 bits per heavy atom. The van der Waals surface area contributed by atoms with Crippen LogP contribution >= 0.6 is 12.4 Å². The molecule has 24 heavy (non-hydrogen) atoms. The van der Waals surface area contributed by atoms with Crippen LogP contribution in [0.15, 0.2) is 54.6 Å². The van der Waals surface area contributed by atoms with E-state index in [1.54, 1.807) is 6.07 Å². The Morgan fingerprint density at radius 1 is 1.08 bits per heavy atom. The second-order valence-electron chi connectivity index (χ2n) is 5.88. The Kier molecular flexibility index (Phi) is 5.98. The first-order valence-electron chi connectivity index (χ1n) is 7.48. The van der Waals surface area contributed by atoms with E-state index in [0.29, 0.717) is 12.1 Å². The first-order chi connectivity index (χ1) is 11.0. The Labute approximate surface area is 147 Å². The van der Waals surface area contributed by atoms with E-state index >= 15 is 0 Å². The molecule has 2 aromatic carbocycles. The van der Waals surface area contributed by atoms with Crippen LogP contribution in [0.25, 0.3) is 0 Å². The molecule has 130 valence electrons. The molecule has 0 unspecified atom stereocenters. The molecule has 7 heteroatoms. The fourth-order valence-corrected chi connectivity index (χ4v) is 4.57. The zero-order valence-electron chi connectivity index (χ0n) is 13.0. The Morgan fingerprint density at radius 3 is 2.46 bits per heavy atom. The number of hydrogen-bond donors (Lipinski definition) is 1.